The molecule has 4 heteroatoms. The Kier molecular flexibility index (Phi) is 2.00. The summed E-state index contributed by atoms with van der Waals surface area (Å²) in [6.45, 7) is -0.106. The number of nitrogens with two attached hydrogens (primary N) is 1. The van der Waals surface area contributed by atoms with Crippen molar-refractivity contribution in [2.24, 2.45) is 5.73 Å². The fraction of sp³-hybridized carbons (Fsp3) is 0.222. The minimum Gasteiger partial charge on any atom is -0.462 e. The molecule has 0 bridgehead atoms. The summed E-state index contributed by atoms with van der Waals surface area (Å²) in [6, 6.07) is 3.19. The lowest BCUT2D eigenvalue weighted by atomic mass is 10.1. The van der Waals surface area contributed by atoms with Crippen molar-refractivity contribution >= 4 is 11.1 Å². The Balaban J connectivity index is 2.57. The van der Waals surface area contributed by atoms with Crippen LogP contribution in [0.3, 0.4) is 0 Å². The molecule has 2 heterocycles. The summed E-state index contributed by atoms with van der Waals surface area (Å²) in [6.07, 6.45) is 3.21. The molecular weight excluding hydrogens is 168 g/mol. The maximum Gasteiger partial charge on any atom is 0.152 e. The van der Waals surface area contributed by atoms with Crippen molar-refractivity contribution in [2.45, 2.75) is 6.04 Å². The molecule has 3 N–H and O–H groups in total. The van der Waals surface area contributed by atoms with E-state index in [1.165, 1.54) is 0 Å². The molecule has 0 radical (unpaired) electrons. The Hall–Kier alpha value is -1.39. The molecule has 0 fully saturated rings. The molecule has 2 rings (SSSR count). The van der Waals surface area contributed by atoms with Gasteiger partial charge >= 0.3 is 0 Å². The zero-order valence-electron chi connectivity index (χ0n) is 6.97. The third-order valence-electron chi connectivity index (χ3n) is 1.95. The highest BCUT2D eigenvalue weighted by Gasteiger charge is 2.12. The third-order valence-corrected chi connectivity index (χ3v) is 1.95. The normalized spacial score (nSPS) is 13.4. The van der Waals surface area contributed by atoms with E-state index in [4.69, 9.17) is 15.3 Å². The van der Waals surface area contributed by atoms with Gasteiger partial charge in [-0.05, 0) is 12.1 Å². The van der Waals surface area contributed by atoms with Crippen LogP contribution in [0.5, 0.6) is 0 Å². The van der Waals surface area contributed by atoms with Gasteiger partial charge in [-0.25, -0.2) is 0 Å². The number of rotatable bonds is 2. The number of pyridine rings is 1. The number of fused-ring (bicyclic) bond motifs is 1. The van der Waals surface area contributed by atoms with Crippen LogP contribution < -0.4 is 5.73 Å². The van der Waals surface area contributed by atoms with Crippen molar-refractivity contribution in [3.8, 4) is 0 Å². The van der Waals surface area contributed by atoms with Gasteiger partial charge in [0.2, 0.25) is 0 Å². The van der Waals surface area contributed by atoms with Gasteiger partial charge in [-0.15, -0.1) is 0 Å². The molecule has 2 aromatic rings. The highest BCUT2D eigenvalue weighted by molar-refractivity contribution is 5.76. The lowest BCUT2D eigenvalue weighted by molar-refractivity contribution is 0.268. The van der Waals surface area contributed by atoms with Crippen molar-refractivity contribution in [2.75, 3.05) is 6.61 Å². The van der Waals surface area contributed by atoms with E-state index >= 15 is 0 Å². The number of nitrogens with zero attached hydrogens (tertiary/aromatic N) is 1. The molecule has 0 spiro atoms. The van der Waals surface area contributed by atoms with Crippen LogP contribution in [0.2, 0.25) is 0 Å². The van der Waals surface area contributed by atoms with Crippen LogP contribution in [0.1, 0.15) is 11.6 Å². The quantitative estimate of drug-likeness (QED) is 0.714. The summed E-state index contributed by atoms with van der Waals surface area (Å²) in [5, 5.41) is 8.87. The maximum absolute atomic E-state index is 8.87. The predicted molar refractivity (Wildman–Crippen MR) is 48.0 cm³/mol. The highest BCUT2D eigenvalue weighted by atomic mass is 16.3. The van der Waals surface area contributed by atoms with Crippen LogP contribution in [-0.2, 0) is 0 Å². The molecule has 1 atom stereocenters. The van der Waals surface area contributed by atoms with Crippen molar-refractivity contribution in [1.29, 1.82) is 0 Å². The number of aliphatic hydroxyl groups is 1. The standard InChI is InChI=1S/C9H10N2O2/c10-7(4-12)6-5-13-8-2-1-3-11-9(6)8/h1-3,5,7,12H,4,10H2. The second kappa shape index (κ2) is 3.16. The SMILES string of the molecule is NC(CO)c1coc2cccnc12. The zero-order chi connectivity index (χ0) is 9.26. The van der Waals surface area contributed by atoms with Crippen molar-refractivity contribution in [3.05, 3.63) is 30.2 Å². The monoisotopic (exact) mass is 178 g/mol. The molecule has 68 valence electrons. The van der Waals surface area contributed by atoms with E-state index in [1.54, 1.807) is 18.5 Å². The third kappa shape index (κ3) is 1.30. The predicted octanol–water partition coefficient (Wildman–Crippen LogP) is 0.820. The Morgan fingerprint density at radius 3 is 3.23 bits per heavy atom. The number of hydrogen-bond donors (Lipinski definition) is 2. The van der Waals surface area contributed by atoms with E-state index in [9.17, 15) is 0 Å². The van der Waals surface area contributed by atoms with Crippen molar-refractivity contribution < 1.29 is 9.52 Å². The van der Waals surface area contributed by atoms with Crippen molar-refractivity contribution in [1.82, 2.24) is 4.98 Å². The Morgan fingerprint density at radius 1 is 1.62 bits per heavy atom. The Morgan fingerprint density at radius 2 is 2.46 bits per heavy atom. The number of aliphatic hydroxyl groups excluding tert-OH is 1. The van der Waals surface area contributed by atoms with Crippen LogP contribution in [0.25, 0.3) is 11.1 Å². The first-order valence-electron chi connectivity index (χ1n) is 4.01. The average Bonchev–Trinajstić information content (AvgIpc) is 2.60. The topological polar surface area (TPSA) is 72.3 Å². The smallest absolute Gasteiger partial charge is 0.152 e. The van der Waals surface area contributed by atoms with Crippen LogP contribution in [-0.4, -0.2) is 16.7 Å². The molecule has 0 aromatic carbocycles. The summed E-state index contributed by atoms with van der Waals surface area (Å²) in [7, 11) is 0. The maximum atomic E-state index is 8.87. The molecule has 0 saturated carbocycles. The van der Waals surface area contributed by atoms with Gasteiger partial charge in [-0.2, -0.15) is 0 Å². The number of furan rings is 1. The van der Waals surface area contributed by atoms with Crippen LogP contribution >= 0.6 is 0 Å². The lowest BCUT2D eigenvalue weighted by Crippen LogP contribution is -2.13. The molecule has 1 unspecified atom stereocenters. The molecule has 2 aromatic heterocycles. The summed E-state index contributed by atoms with van der Waals surface area (Å²) in [4.78, 5) is 4.13. The summed E-state index contributed by atoms with van der Waals surface area (Å²) >= 11 is 0. The molecule has 13 heavy (non-hydrogen) atoms. The van der Waals surface area contributed by atoms with E-state index in [0.717, 1.165) is 11.1 Å². The van der Waals surface area contributed by atoms with E-state index in [0.29, 0.717) is 5.58 Å². The molecule has 0 saturated heterocycles. The van der Waals surface area contributed by atoms with Gasteiger partial charge in [0.1, 0.15) is 5.52 Å². The highest BCUT2D eigenvalue weighted by Crippen LogP contribution is 2.22. The first-order chi connectivity index (χ1) is 6.33. The molecule has 0 aliphatic heterocycles. The Labute approximate surface area is 75.0 Å². The minimum absolute atomic E-state index is 0.106. The van der Waals surface area contributed by atoms with Gasteiger partial charge in [0.15, 0.2) is 5.58 Å². The second-order valence-corrected chi connectivity index (χ2v) is 2.83. The number of aromatic nitrogens is 1. The largest absolute Gasteiger partial charge is 0.462 e. The summed E-state index contributed by atoms with van der Waals surface area (Å²) in [5.41, 5.74) is 7.82. The first kappa shape index (κ1) is 8.22. The van der Waals surface area contributed by atoms with Gasteiger partial charge in [0.05, 0.1) is 18.9 Å². The molecular formula is C9H10N2O2. The van der Waals surface area contributed by atoms with Gasteiger partial charge in [0, 0.05) is 11.8 Å². The summed E-state index contributed by atoms with van der Waals surface area (Å²) < 4.78 is 5.22. The van der Waals surface area contributed by atoms with Crippen LogP contribution in [0.4, 0.5) is 0 Å². The van der Waals surface area contributed by atoms with Crippen LogP contribution in [0, 0.1) is 0 Å². The van der Waals surface area contributed by atoms with E-state index in [2.05, 4.69) is 4.98 Å². The van der Waals surface area contributed by atoms with Gasteiger partial charge in [-0.3, -0.25) is 4.98 Å². The average molecular weight is 178 g/mol. The van der Waals surface area contributed by atoms with Crippen LogP contribution in [0.15, 0.2) is 29.0 Å². The van der Waals surface area contributed by atoms with Gasteiger partial charge in [-0.1, -0.05) is 0 Å². The number of hydrogen-bond acceptors (Lipinski definition) is 4. The van der Waals surface area contributed by atoms with E-state index in [1.807, 2.05) is 6.07 Å². The molecule has 0 amide bonds. The second-order valence-electron chi connectivity index (χ2n) is 2.83. The van der Waals surface area contributed by atoms with E-state index in [-0.39, 0.29) is 6.61 Å². The molecule has 4 nitrogen and oxygen atoms in total. The molecule has 0 aliphatic rings. The van der Waals surface area contributed by atoms with Gasteiger partial charge in [0.25, 0.3) is 0 Å². The first-order valence-corrected chi connectivity index (χ1v) is 4.01. The summed E-state index contributed by atoms with van der Waals surface area (Å²) in [5.74, 6) is 0. The fourth-order valence-corrected chi connectivity index (χ4v) is 1.25. The molecule has 0 aliphatic carbocycles. The zero-order valence-corrected chi connectivity index (χ0v) is 6.97. The van der Waals surface area contributed by atoms with E-state index < -0.39 is 6.04 Å². The lowest BCUT2D eigenvalue weighted by Gasteiger charge is -2.03. The van der Waals surface area contributed by atoms with Crippen molar-refractivity contribution in [3.63, 3.8) is 0 Å². The minimum atomic E-state index is -0.420. The van der Waals surface area contributed by atoms with Gasteiger partial charge < -0.3 is 15.3 Å². The fourth-order valence-electron chi connectivity index (χ4n) is 1.25. The Bertz CT molecular complexity index is 411.